The Morgan fingerprint density at radius 2 is 1.68 bits per heavy atom. The minimum Gasteiger partial charge on any atom is -0.508 e. The molecular formula is C29H37FN4O4. The van der Waals surface area contributed by atoms with E-state index in [9.17, 15) is 23.9 Å². The smallest absolute Gasteiger partial charge is 0.255 e. The Labute approximate surface area is 223 Å². The number of piperidine rings is 2. The molecule has 8 nitrogen and oxygen atoms in total. The van der Waals surface area contributed by atoms with Crippen LogP contribution in [0.1, 0.15) is 61.0 Å². The average Bonchev–Trinajstić information content (AvgIpc) is 3.22. The van der Waals surface area contributed by atoms with E-state index in [2.05, 4.69) is 29.0 Å². The van der Waals surface area contributed by atoms with Crippen molar-refractivity contribution < 1.29 is 23.9 Å². The average molecular weight is 525 g/mol. The number of carbonyl (C=O) groups is 3. The van der Waals surface area contributed by atoms with E-state index in [1.807, 2.05) is 12.1 Å². The van der Waals surface area contributed by atoms with Crippen molar-refractivity contribution in [3.63, 3.8) is 0 Å². The molecular weight excluding hydrogens is 487 g/mol. The number of likely N-dealkylation sites (tertiary alicyclic amines) is 1. The summed E-state index contributed by atoms with van der Waals surface area (Å²) in [5, 5.41) is 11.7. The van der Waals surface area contributed by atoms with Crippen LogP contribution in [-0.4, -0.2) is 75.8 Å². The number of imide groups is 1. The molecule has 3 aliphatic heterocycles. The molecule has 1 atom stereocenters. The molecule has 204 valence electrons. The molecule has 2 saturated heterocycles. The first-order chi connectivity index (χ1) is 18.3. The van der Waals surface area contributed by atoms with Crippen LogP contribution in [0, 0.1) is 5.82 Å². The second-order valence-corrected chi connectivity index (χ2v) is 10.1. The first kappa shape index (κ1) is 27.7. The van der Waals surface area contributed by atoms with Crippen LogP contribution in [0.25, 0.3) is 0 Å². The van der Waals surface area contributed by atoms with Gasteiger partial charge in [0.1, 0.15) is 17.6 Å². The number of nitrogens with zero attached hydrogens (tertiary/aromatic N) is 3. The second-order valence-electron chi connectivity index (χ2n) is 10.1. The maximum absolute atomic E-state index is 12.9. The van der Waals surface area contributed by atoms with Crippen molar-refractivity contribution in [2.45, 2.75) is 64.7 Å². The van der Waals surface area contributed by atoms with Crippen molar-refractivity contribution in [3.05, 3.63) is 65.0 Å². The molecule has 38 heavy (non-hydrogen) atoms. The molecule has 0 aliphatic carbocycles. The van der Waals surface area contributed by atoms with Gasteiger partial charge in [0, 0.05) is 31.1 Å². The molecule has 2 aromatic carbocycles. The van der Waals surface area contributed by atoms with E-state index in [1.165, 1.54) is 35.4 Å². The maximum atomic E-state index is 12.9. The first-order valence-electron chi connectivity index (χ1n) is 13.5. The summed E-state index contributed by atoms with van der Waals surface area (Å²) < 4.78 is 12.9. The third kappa shape index (κ3) is 6.57. The number of fused-ring (bicyclic) bond motifs is 1. The molecule has 2 fully saturated rings. The third-order valence-electron chi connectivity index (χ3n) is 7.71. The van der Waals surface area contributed by atoms with E-state index in [0.717, 1.165) is 38.8 Å². The van der Waals surface area contributed by atoms with Gasteiger partial charge in [0.15, 0.2) is 0 Å². The lowest BCUT2D eigenvalue weighted by Gasteiger charge is -2.37. The van der Waals surface area contributed by atoms with Crippen LogP contribution in [-0.2, 0) is 22.7 Å². The number of nitrogens with one attached hydrogen (secondary N) is 1. The van der Waals surface area contributed by atoms with Gasteiger partial charge in [-0.1, -0.05) is 26.0 Å². The molecule has 3 heterocycles. The lowest BCUT2D eigenvalue weighted by molar-refractivity contribution is -0.136. The summed E-state index contributed by atoms with van der Waals surface area (Å²) in [6.07, 6.45) is 3.09. The van der Waals surface area contributed by atoms with E-state index in [1.54, 1.807) is 18.2 Å². The van der Waals surface area contributed by atoms with Crippen molar-refractivity contribution >= 4 is 17.7 Å². The second kappa shape index (κ2) is 12.5. The molecule has 0 spiro atoms. The largest absolute Gasteiger partial charge is 0.508 e. The predicted molar refractivity (Wildman–Crippen MR) is 142 cm³/mol. The molecule has 3 amide bonds. The fourth-order valence-corrected chi connectivity index (χ4v) is 5.59. The van der Waals surface area contributed by atoms with Crippen molar-refractivity contribution in [1.82, 2.24) is 20.0 Å². The van der Waals surface area contributed by atoms with Gasteiger partial charge in [0.25, 0.3) is 5.91 Å². The summed E-state index contributed by atoms with van der Waals surface area (Å²) in [5.41, 5.74) is 2.42. The van der Waals surface area contributed by atoms with Crippen LogP contribution >= 0.6 is 0 Å². The van der Waals surface area contributed by atoms with Gasteiger partial charge in [-0.15, -0.1) is 0 Å². The minimum atomic E-state index is -0.611. The highest BCUT2D eigenvalue weighted by atomic mass is 19.1. The Morgan fingerprint density at radius 1 is 1.00 bits per heavy atom. The summed E-state index contributed by atoms with van der Waals surface area (Å²) in [5.74, 6) is -1.02. The zero-order valence-electron chi connectivity index (χ0n) is 22.2. The Balaban J connectivity index is 0.000000177. The summed E-state index contributed by atoms with van der Waals surface area (Å²) in [4.78, 5) is 41.6. The lowest BCUT2D eigenvalue weighted by atomic mass is 10.0. The number of aromatic hydroxyl groups is 1. The molecule has 2 aromatic rings. The summed E-state index contributed by atoms with van der Waals surface area (Å²) in [6.45, 7) is 10.3. The lowest BCUT2D eigenvalue weighted by Crippen LogP contribution is -2.52. The monoisotopic (exact) mass is 524 g/mol. The number of carbonyl (C=O) groups excluding carboxylic acids is 3. The SMILES string of the molecule is CCN(CC)C1CCN(Cc2ccc(F)cc2)CC1.O=C1CCC(N2Cc3cc(O)ccc3C2=O)C(=O)N1. The topological polar surface area (TPSA) is 93.2 Å². The maximum Gasteiger partial charge on any atom is 0.255 e. The highest BCUT2D eigenvalue weighted by Gasteiger charge is 2.39. The summed E-state index contributed by atoms with van der Waals surface area (Å²) in [7, 11) is 0. The van der Waals surface area contributed by atoms with Crippen LogP contribution in [0.3, 0.4) is 0 Å². The molecule has 0 radical (unpaired) electrons. The molecule has 1 unspecified atom stereocenters. The summed E-state index contributed by atoms with van der Waals surface area (Å²) in [6, 6.07) is 11.6. The minimum absolute atomic E-state index is 0.0941. The highest BCUT2D eigenvalue weighted by molar-refractivity contribution is 6.05. The van der Waals surface area contributed by atoms with Crippen molar-refractivity contribution in [2.24, 2.45) is 0 Å². The summed E-state index contributed by atoms with van der Waals surface area (Å²) >= 11 is 0. The van der Waals surface area contributed by atoms with Gasteiger partial charge >= 0.3 is 0 Å². The number of hydrogen-bond donors (Lipinski definition) is 2. The predicted octanol–water partition coefficient (Wildman–Crippen LogP) is 3.29. The van der Waals surface area contributed by atoms with Gasteiger partial charge in [-0.05, 0) is 86.9 Å². The molecule has 0 bridgehead atoms. The van der Waals surface area contributed by atoms with Crippen molar-refractivity contribution in [1.29, 1.82) is 0 Å². The zero-order chi connectivity index (χ0) is 27.2. The van der Waals surface area contributed by atoms with Gasteiger partial charge in [-0.2, -0.15) is 0 Å². The molecule has 9 heteroatoms. The van der Waals surface area contributed by atoms with Gasteiger partial charge in [-0.25, -0.2) is 4.39 Å². The van der Waals surface area contributed by atoms with Gasteiger partial charge in [-0.3, -0.25) is 24.6 Å². The number of phenols is 1. The van der Waals surface area contributed by atoms with Crippen molar-refractivity contribution in [2.75, 3.05) is 26.2 Å². The zero-order valence-corrected chi connectivity index (χ0v) is 22.2. The fourth-order valence-electron chi connectivity index (χ4n) is 5.59. The first-order valence-corrected chi connectivity index (χ1v) is 13.5. The number of rotatable bonds is 6. The third-order valence-corrected chi connectivity index (χ3v) is 7.71. The quantitative estimate of drug-likeness (QED) is 0.564. The molecule has 0 aromatic heterocycles. The molecule has 0 saturated carbocycles. The molecule has 2 N–H and O–H groups in total. The van der Waals surface area contributed by atoms with Crippen LogP contribution in [0.15, 0.2) is 42.5 Å². The van der Waals surface area contributed by atoms with E-state index in [0.29, 0.717) is 17.5 Å². The standard InChI is InChI=1S/C16H25FN2.C13H12N2O4/c1-3-19(4-2)16-9-11-18(12-10-16)13-14-5-7-15(17)8-6-14;16-8-1-2-9-7(5-8)6-15(13(9)19)10-3-4-11(17)14-12(10)18/h5-8,16H,3-4,9-13H2,1-2H3;1-2,5,10,16H,3-4,6H2,(H,14,17,18). The normalized spacial score (nSPS) is 20.3. The number of halogens is 1. The Kier molecular flexibility index (Phi) is 9.12. The molecule has 3 aliphatic rings. The van der Waals surface area contributed by atoms with Crippen LogP contribution in [0.5, 0.6) is 5.75 Å². The number of benzene rings is 2. The number of amides is 3. The van der Waals surface area contributed by atoms with Crippen LogP contribution in [0.4, 0.5) is 4.39 Å². The van der Waals surface area contributed by atoms with E-state index in [-0.39, 0.29) is 36.3 Å². The van der Waals surface area contributed by atoms with Gasteiger partial charge < -0.3 is 14.9 Å². The van der Waals surface area contributed by atoms with E-state index >= 15 is 0 Å². The Hall–Kier alpha value is -3.30. The highest BCUT2D eigenvalue weighted by Crippen LogP contribution is 2.29. The van der Waals surface area contributed by atoms with Crippen LogP contribution in [0.2, 0.25) is 0 Å². The fraction of sp³-hybridized carbons (Fsp3) is 0.483. The Bertz CT molecular complexity index is 1140. The number of phenolic OH excluding ortho intramolecular Hbond substituents is 1. The van der Waals surface area contributed by atoms with E-state index in [4.69, 9.17) is 0 Å². The van der Waals surface area contributed by atoms with E-state index < -0.39 is 11.9 Å². The number of hydrogen-bond acceptors (Lipinski definition) is 6. The van der Waals surface area contributed by atoms with Crippen molar-refractivity contribution in [3.8, 4) is 5.75 Å². The molecule has 5 rings (SSSR count). The van der Waals surface area contributed by atoms with Gasteiger partial charge in [0.05, 0.1) is 0 Å². The van der Waals surface area contributed by atoms with Gasteiger partial charge in [0.2, 0.25) is 11.8 Å². The van der Waals surface area contributed by atoms with Crippen LogP contribution < -0.4 is 5.32 Å². The Morgan fingerprint density at radius 3 is 2.32 bits per heavy atom.